The second-order valence-electron chi connectivity index (χ2n) is 19.7. The molecule has 0 spiro atoms. The lowest BCUT2D eigenvalue weighted by Gasteiger charge is -2.40. The van der Waals surface area contributed by atoms with E-state index in [1.165, 1.54) is 18.0 Å². The van der Waals surface area contributed by atoms with Crippen LogP contribution < -0.4 is 10.7 Å². The Kier molecular flexibility index (Phi) is 14.2. The van der Waals surface area contributed by atoms with E-state index >= 15 is 0 Å². The van der Waals surface area contributed by atoms with E-state index in [9.17, 15) is 39.3 Å². The molecule has 17 nitrogen and oxygen atoms in total. The zero-order chi connectivity index (χ0) is 49.5. The van der Waals surface area contributed by atoms with Crippen LogP contribution >= 0.6 is 0 Å². The van der Waals surface area contributed by atoms with Gasteiger partial charge >= 0.3 is 5.97 Å². The van der Waals surface area contributed by atoms with Crippen molar-refractivity contribution in [3.8, 4) is 28.1 Å². The molecule has 2 aromatic heterocycles. The maximum atomic E-state index is 14.8. The molecule has 364 valence electrons. The van der Waals surface area contributed by atoms with Crippen LogP contribution in [0.1, 0.15) is 71.2 Å². The normalized spacial score (nSPS) is 23.5. The van der Waals surface area contributed by atoms with Crippen LogP contribution in [-0.2, 0) is 59.4 Å². The molecule has 4 amide bonds. The number of β-amino-alcohol motifs (C(OH)–C–C–N with tert-alkyl or cyclic N) is 1. The van der Waals surface area contributed by atoms with Crippen molar-refractivity contribution in [3.63, 3.8) is 0 Å². The summed E-state index contributed by atoms with van der Waals surface area (Å²) in [5.74, 6) is -4.87. The van der Waals surface area contributed by atoms with Crippen molar-refractivity contribution < 1.29 is 48.8 Å². The van der Waals surface area contributed by atoms with Crippen LogP contribution in [0.2, 0.25) is 0 Å². The number of phenolic OH excluding ortho intramolecular Hbond substituents is 1. The molecule has 5 N–H and O–H groups in total. The average Bonchev–Trinajstić information content (AvgIpc) is 3.78. The summed E-state index contributed by atoms with van der Waals surface area (Å²) in [5.41, 5.74) is 4.14. The molecule has 0 radical (unpaired) electrons. The van der Waals surface area contributed by atoms with E-state index < -0.39 is 70.3 Å². The molecular formula is C51H65N7O10. The number of esters is 1. The maximum absolute atomic E-state index is 14.8. The fourth-order valence-corrected chi connectivity index (χ4v) is 10.1. The van der Waals surface area contributed by atoms with Crippen LogP contribution in [0.4, 0.5) is 0 Å². The Morgan fingerprint density at radius 3 is 2.56 bits per heavy atom. The number of hydrogen-bond donors (Lipinski definition) is 5. The van der Waals surface area contributed by atoms with Gasteiger partial charge in [0.2, 0.25) is 17.5 Å². The first kappa shape index (κ1) is 49.8. The summed E-state index contributed by atoms with van der Waals surface area (Å²) in [6.07, 6.45) is 3.26. The number of aliphatic hydroxyl groups is 2. The van der Waals surface area contributed by atoms with Gasteiger partial charge in [0, 0.05) is 80.6 Å². The van der Waals surface area contributed by atoms with E-state index in [4.69, 9.17) is 9.47 Å². The first-order valence-corrected chi connectivity index (χ1v) is 23.3. The van der Waals surface area contributed by atoms with E-state index in [0.29, 0.717) is 24.1 Å². The number of fused-ring (bicyclic) bond motifs is 6. The summed E-state index contributed by atoms with van der Waals surface area (Å²) in [5, 5.41) is 39.8. The van der Waals surface area contributed by atoms with Crippen molar-refractivity contribution >= 4 is 40.5 Å². The highest BCUT2D eigenvalue weighted by Crippen LogP contribution is 2.42. The second kappa shape index (κ2) is 19.5. The van der Waals surface area contributed by atoms with Gasteiger partial charge in [0.05, 0.1) is 31.1 Å². The zero-order valence-corrected chi connectivity index (χ0v) is 40.3. The van der Waals surface area contributed by atoms with E-state index in [2.05, 4.69) is 39.9 Å². The standard InChI is InChI=1S/C51H65N7O10/c1-10-42(60)56-26-31(5)50(65,28-56)47(63)55(8)43(30(3)4)45(61)53-39-22-32-20-34(23-35(59)21-32)33-15-16-41-37(24-33)38(44(57(41)11-2)36-14-12-18-52-40(36)27-67-9)25-49(6,7)29-68-48(64)51(66)17-13-19-58(54-51)46(39)62/h10,12,14-16,18,20-21,23-24,30-31,39,43,54,59,65-66H,1,11,13,17,19,22,25-29H2,2-9H3,(H,53,61)/t31-,39-,43-,50?,51-/m0/s1. The first-order chi connectivity index (χ1) is 32.1. The molecule has 5 atom stereocenters. The molecule has 2 aromatic carbocycles. The summed E-state index contributed by atoms with van der Waals surface area (Å²) < 4.78 is 13.7. The Balaban J connectivity index is 1.32. The zero-order valence-electron chi connectivity index (χ0n) is 40.3. The number of carbonyl (C=O) groups excluding carboxylic acids is 5. The smallest absolute Gasteiger partial charge is 0.355 e. The molecule has 6 bridgehead atoms. The lowest BCUT2D eigenvalue weighted by molar-refractivity contribution is -0.189. The van der Waals surface area contributed by atoms with E-state index in [1.807, 2.05) is 44.2 Å². The van der Waals surface area contributed by atoms with Crippen LogP contribution in [0.3, 0.4) is 0 Å². The van der Waals surface area contributed by atoms with Gasteiger partial charge in [-0.1, -0.05) is 53.3 Å². The third kappa shape index (κ3) is 9.62. The van der Waals surface area contributed by atoms with Crippen molar-refractivity contribution in [1.29, 1.82) is 0 Å². The highest BCUT2D eigenvalue weighted by Gasteiger charge is 2.53. The number of aryl methyl sites for hydroxylation is 1. The highest BCUT2D eigenvalue weighted by molar-refractivity contribution is 5.97. The molecule has 3 aliphatic rings. The van der Waals surface area contributed by atoms with E-state index in [1.54, 1.807) is 40.1 Å². The summed E-state index contributed by atoms with van der Waals surface area (Å²) >= 11 is 0. The van der Waals surface area contributed by atoms with Crippen molar-refractivity contribution in [3.05, 3.63) is 84.2 Å². The Morgan fingerprint density at radius 1 is 1.12 bits per heavy atom. The van der Waals surface area contributed by atoms with Gasteiger partial charge in [-0.3, -0.25) is 29.2 Å². The molecule has 5 heterocycles. The Bertz CT molecular complexity index is 2630. The van der Waals surface area contributed by atoms with Gasteiger partial charge in [-0.25, -0.2) is 4.79 Å². The van der Waals surface area contributed by atoms with Crippen LogP contribution in [0.25, 0.3) is 33.3 Å². The van der Waals surface area contributed by atoms with Gasteiger partial charge in [-0.2, -0.15) is 5.43 Å². The number of aromatic nitrogens is 2. The third-order valence-electron chi connectivity index (χ3n) is 13.6. The van der Waals surface area contributed by atoms with Crippen molar-refractivity contribution in [2.75, 3.05) is 40.4 Å². The highest BCUT2D eigenvalue weighted by atomic mass is 16.6. The van der Waals surface area contributed by atoms with Crippen molar-refractivity contribution in [2.24, 2.45) is 17.3 Å². The van der Waals surface area contributed by atoms with E-state index in [0.717, 1.165) is 55.0 Å². The minimum atomic E-state index is -2.30. The van der Waals surface area contributed by atoms with Gasteiger partial charge in [0.1, 0.15) is 17.8 Å². The minimum absolute atomic E-state index is 0.0633. The predicted molar refractivity (Wildman–Crippen MR) is 254 cm³/mol. The van der Waals surface area contributed by atoms with Crippen LogP contribution in [0.5, 0.6) is 5.75 Å². The molecule has 4 aromatic rings. The van der Waals surface area contributed by atoms with E-state index in [-0.39, 0.29) is 57.9 Å². The number of phenols is 1. The molecule has 17 heteroatoms. The fourth-order valence-electron chi connectivity index (χ4n) is 10.1. The number of benzene rings is 2. The number of carbonyl (C=O) groups is 5. The van der Waals surface area contributed by atoms with Gasteiger partial charge < -0.3 is 44.5 Å². The number of rotatable bonds is 10. The lowest BCUT2D eigenvalue weighted by Crippen LogP contribution is -2.67. The topological polar surface area (TPSA) is 216 Å². The molecule has 7 rings (SSSR count). The molecular weight excluding hydrogens is 871 g/mol. The molecule has 68 heavy (non-hydrogen) atoms. The Morgan fingerprint density at radius 2 is 1.87 bits per heavy atom. The van der Waals surface area contributed by atoms with Gasteiger partial charge in [0.15, 0.2) is 5.60 Å². The number of aromatic hydroxyl groups is 1. The number of likely N-dealkylation sites (N-methyl/N-ethyl adjacent to an activating group) is 1. The molecule has 3 aliphatic heterocycles. The van der Waals surface area contributed by atoms with Gasteiger partial charge in [-0.05, 0) is 90.4 Å². The number of hydrazine groups is 1. The number of cyclic esters (lactones) is 1. The molecule has 1 unspecified atom stereocenters. The SMILES string of the molecule is C=CC(=O)N1C[C@H](C)C(O)(C(=O)N(C)[C@H](C(=O)N[C@H]2Cc3cc(O)cc(c3)-c3ccc4c(c3)c(c(-c3cccnc3COC)n4CC)CC(C)(C)COC(=O)[C@@]3(O)CCCN(N3)C2=O)C(C)C)C1. The number of pyridine rings is 1. The van der Waals surface area contributed by atoms with Crippen LogP contribution in [0.15, 0.2) is 67.4 Å². The Hall–Kier alpha value is -6.14. The number of amides is 4. The summed E-state index contributed by atoms with van der Waals surface area (Å²) in [6, 6.07) is 12.4. The second-order valence-corrected chi connectivity index (χ2v) is 19.7. The molecule has 0 saturated carbocycles. The van der Waals surface area contributed by atoms with Gasteiger partial charge in [-0.15, -0.1) is 0 Å². The summed E-state index contributed by atoms with van der Waals surface area (Å²) in [7, 11) is 3.02. The number of likely N-dealkylation sites (tertiary alicyclic amines) is 1. The number of methoxy groups -OCH3 is 1. The molecule has 0 aliphatic carbocycles. The fraction of sp³-hybridized carbons (Fsp3) is 0.490. The van der Waals surface area contributed by atoms with Crippen LogP contribution in [0, 0.1) is 17.3 Å². The number of ether oxygens (including phenoxy) is 2. The molecule has 2 saturated heterocycles. The number of hydrogen-bond acceptors (Lipinski definition) is 12. The van der Waals surface area contributed by atoms with Gasteiger partial charge in [0.25, 0.3) is 11.8 Å². The quantitative estimate of drug-likeness (QED) is 0.112. The first-order valence-electron chi connectivity index (χ1n) is 23.3. The molecule has 2 fully saturated rings. The number of nitrogens with one attached hydrogen (secondary N) is 2. The summed E-state index contributed by atoms with van der Waals surface area (Å²) in [6.45, 7) is 15.3. The van der Waals surface area contributed by atoms with Crippen molar-refractivity contribution in [1.82, 2.24) is 35.1 Å². The predicted octanol–water partition coefficient (Wildman–Crippen LogP) is 4.09. The van der Waals surface area contributed by atoms with Crippen molar-refractivity contribution in [2.45, 2.75) is 104 Å². The average molecular weight is 936 g/mol. The largest absolute Gasteiger partial charge is 0.508 e. The maximum Gasteiger partial charge on any atom is 0.355 e. The minimum Gasteiger partial charge on any atom is -0.508 e. The monoisotopic (exact) mass is 935 g/mol. The Labute approximate surface area is 397 Å². The van der Waals surface area contributed by atoms with Crippen LogP contribution in [-0.4, -0.2) is 133 Å². The third-order valence-corrected chi connectivity index (χ3v) is 13.6. The lowest BCUT2D eigenvalue weighted by atomic mass is 9.84. The summed E-state index contributed by atoms with van der Waals surface area (Å²) in [4.78, 5) is 77.2. The number of nitrogens with zero attached hydrogens (tertiary/aromatic N) is 5.